The van der Waals surface area contributed by atoms with Crippen LogP contribution in [0.4, 0.5) is 5.69 Å². The van der Waals surface area contributed by atoms with Gasteiger partial charge in [-0.15, -0.1) is 0 Å². The van der Waals surface area contributed by atoms with Crippen LogP contribution in [0.25, 0.3) is 0 Å². The highest BCUT2D eigenvalue weighted by Gasteiger charge is 2.36. The molecule has 0 spiro atoms. The number of halogens is 3. The maximum Gasteiger partial charge on any atom is 0.264 e. The second kappa shape index (κ2) is 14.7. The zero-order valence-corrected chi connectivity index (χ0v) is 28.2. The SMILES string of the molecule is CC(C)(C)NC(=O)[C@H](Cc1ccccc1)N(Cc1ccc(Cl)cc1Cl)C(=O)CN(c1ccccc1Cl)S(=O)(=O)c1ccccc1. The number of nitrogens with zero attached hydrogens (tertiary/aromatic N) is 2. The molecule has 0 saturated heterocycles. The smallest absolute Gasteiger partial charge is 0.264 e. The van der Waals surface area contributed by atoms with Crippen LogP contribution in [0.5, 0.6) is 0 Å². The zero-order chi connectivity index (χ0) is 32.8. The van der Waals surface area contributed by atoms with Gasteiger partial charge in [-0.2, -0.15) is 0 Å². The van der Waals surface area contributed by atoms with Crippen molar-refractivity contribution in [3.63, 3.8) is 0 Å². The second-order valence-electron chi connectivity index (χ2n) is 11.5. The van der Waals surface area contributed by atoms with Crippen molar-refractivity contribution in [2.24, 2.45) is 0 Å². The summed E-state index contributed by atoms with van der Waals surface area (Å²) in [5.74, 6) is -1.04. The van der Waals surface area contributed by atoms with Crippen molar-refractivity contribution < 1.29 is 18.0 Å². The van der Waals surface area contributed by atoms with E-state index in [2.05, 4.69) is 5.32 Å². The Morgan fingerprint density at radius 1 is 0.800 bits per heavy atom. The lowest BCUT2D eigenvalue weighted by Crippen LogP contribution is -2.56. The lowest BCUT2D eigenvalue weighted by molar-refractivity contribution is -0.140. The standard InChI is InChI=1S/C34H34Cl3N3O4S/c1-34(2,3)38-33(42)31(20-24-12-6-4-7-13-24)39(22-25-18-19-26(35)21-29(25)37)32(41)23-40(30-17-11-10-16-28(30)36)45(43,44)27-14-8-5-9-15-27/h4-19,21,31H,20,22-23H2,1-3H3,(H,38,42)/t31-/m0/s1. The van der Waals surface area contributed by atoms with E-state index in [0.29, 0.717) is 15.6 Å². The molecule has 0 radical (unpaired) electrons. The molecule has 0 bridgehead atoms. The topological polar surface area (TPSA) is 86.8 Å². The second-order valence-corrected chi connectivity index (χ2v) is 14.6. The number of carbonyl (C=O) groups is 2. The van der Waals surface area contributed by atoms with Gasteiger partial charge in [-0.05, 0) is 68.3 Å². The summed E-state index contributed by atoms with van der Waals surface area (Å²) in [5.41, 5.74) is 0.857. The van der Waals surface area contributed by atoms with Crippen LogP contribution in [-0.4, -0.2) is 43.3 Å². The molecule has 0 aromatic heterocycles. The first-order valence-electron chi connectivity index (χ1n) is 14.2. The highest BCUT2D eigenvalue weighted by atomic mass is 35.5. The maximum absolute atomic E-state index is 14.5. The van der Waals surface area contributed by atoms with Gasteiger partial charge in [0.05, 0.1) is 15.6 Å². The van der Waals surface area contributed by atoms with Gasteiger partial charge in [-0.3, -0.25) is 13.9 Å². The molecule has 0 aliphatic carbocycles. The Morgan fingerprint density at radius 2 is 1.40 bits per heavy atom. The van der Waals surface area contributed by atoms with Crippen LogP contribution in [0.1, 0.15) is 31.9 Å². The molecule has 0 aliphatic rings. The monoisotopic (exact) mass is 685 g/mol. The molecule has 4 aromatic rings. The Bertz CT molecular complexity index is 1750. The van der Waals surface area contributed by atoms with Crippen molar-refractivity contribution in [1.82, 2.24) is 10.2 Å². The fourth-order valence-corrected chi connectivity index (χ4v) is 6.94. The Hall–Kier alpha value is -3.56. The van der Waals surface area contributed by atoms with Gasteiger partial charge >= 0.3 is 0 Å². The van der Waals surface area contributed by atoms with Gasteiger partial charge in [0.1, 0.15) is 12.6 Å². The number of anilines is 1. The van der Waals surface area contributed by atoms with E-state index in [9.17, 15) is 18.0 Å². The first-order valence-corrected chi connectivity index (χ1v) is 16.8. The normalized spacial score (nSPS) is 12.3. The van der Waals surface area contributed by atoms with Crippen molar-refractivity contribution in [3.05, 3.63) is 129 Å². The fourth-order valence-electron chi connectivity index (χ4n) is 4.73. The van der Waals surface area contributed by atoms with Crippen LogP contribution in [0.3, 0.4) is 0 Å². The summed E-state index contributed by atoms with van der Waals surface area (Å²) in [4.78, 5) is 29.8. The third kappa shape index (κ3) is 9.01. The summed E-state index contributed by atoms with van der Waals surface area (Å²) in [6.07, 6.45) is 0.164. The van der Waals surface area contributed by atoms with Gasteiger partial charge < -0.3 is 10.2 Å². The van der Waals surface area contributed by atoms with E-state index in [1.54, 1.807) is 54.6 Å². The van der Waals surface area contributed by atoms with Crippen molar-refractivity contribution >= 4 is 62.3 Å². The number of nitrogens with one attached hydrogen (secondary N) is 1. The third-order valence-electron chi connectivity index (χ3n) is 6.86. The van der Waals surface area contributed by atoms with Crippen LogP contribution < -0.4 is 9.62 Å². The average molecular weight is 687 g/mol. The lowest BCUT2D eigenvalue weighted by Gasteiger charge is -2.35. The van der Waals surface area contributed by atoms with E-state index in [1.165, 1.54) is 23.1 Å². The molecule has 7 nitrogen and oxygen atoms in total. The summed E-state index contributed by atoms with van der Waals surface area (Å²) in [5, 5.41) is 3.85. The molecule has 0 saturated carbocycles. The Balaban J connectivity index is 1.84. The molecule has 1 atom stereocenters. The molecule has 0 fully saturated rings. The van der Waals surface area contributed by atoms with Crippen molar-refractivity contribution in [2.45, 2.75) is 50.2 Å². The number of hydrogen-bond donors (Lipinski definition) is 1. The van der Waals surface area contributed by atoms with Gasteiger partial charge in [0.2, 0.25) is 11.8 Å². The first kappa shape index (κ1) is 34.3. The summed E-state index contributed by atoms with van der Waals surface area (Å²) >= 11 is 19.2. The van der Waals surface area contributed by atoms with Crippen LogP contribution in [-0.2, 0) is 32.6 Å². The third-order valence-corrected chi connectivity index (χ3v) is 9.54. The predicted octanol–water partition coefficient (Wildman–Crippen LogP) is 7.40. The average Bonchev–Trinajstić information content (AvgIpc) is 2.99. The molecule has 1 N–H and O–H groups in total. The van der Waals surface area contributed by atoms with Crippen molar-refractivity contribution in [3.8, 4) is 0 Å². The maximum atomic E-state index is 14.5. The minimum absolute atomic E-state index is 0.0173. The van der Waals surface area contributed by atoms with Gasteiger partial charge in [0.15, 0.2) is 0 Å². The fraction of sp³-hybridized carbons (Fsp3) is 0.235. The minimum atomic E-state index is -4.27. The van der Waals surface area contributed by atoms with Crippen LogP contribution in [0, 0.1) is 0 Å². The van der Waals surface area contributed by atoms with Crippen LogP contribution >= 0.6 is 34.8 Å². The van der Waals surface area contributed by atoms with Gasteiger partial charge in [0, 0.05) is 28.5 Å². The van der Waals surface area contributed by atoms with E-state index in [0.717, 1.165) is 9.87 Å². The van der Waals surface area contributed by atoms with Crippen LogP contribution in [0.15, 0.2) is 108 Å². The van der Waals surface area contributed by atoms with E-state index < -0.39 is 40.0 Å². The molecular weight excluding hydrogens is 653 g/mol. The summed E-state index contributed by atoms with van der Waals surface area (Å²) < 4.78 is 29.1. The number of para-hydroxylation sites is 1. The van der Waals surface area contributed by atoms with E-state index in [-0.39, 0.29) is 28.6 Å². The lowest BCUT2D eigenvalue weighted by atomic mass is 10.0. The van der Waals surface area contributed by atoms with Gasteiger partial charge in [0.25, 0.3) is 10.0 Å². The molecule has 0 unspecified atom stereocenters. The Kier molecular flexibility index (Phi) is 11.2. The molecule has 236 valence electrons. The molecule has 4 rings (SSSR count). The van der Waals surface area contributed by atoms with E-state index >= 15 is 0 Å². The van der Waals surface area contributed by atoms with Gasteiger partial charge in [-0.1, -0.05) is 102 Å². The van der Waals surface area contributed by atoms with Crippen molar-refractivity contribution in [2.75, 3.05) is 10.8 Å². The highest BCUT2D eigenvalue weighted by molar-refractivity contribution is 7.92. The Labute approximate surface area is 279 Å². The number of amides is 2. The number of benzene rings is 4. The number of rotatable bonds is 11. The van der Waals surface area contributed by atoms with Crippen molar-refractivity contribution in [1.29, 1.82) is 0 Å². The molecule has 11 heteroatoms. The quantitative estimate of drug-likeness (QED) is 0.178. The van der Waals surface area contributed by atoms with E-state index in [1.807, 2.05) is 51.1 Å². The number of sulfonamides is 1. The molecule has 0 heterocycles. The largest absolute Gasteiger partial charge is 0.350 e. The zero-order valence-electron chi connectivity index (χ0n) is 25.1. The molecule has 4 aromatic carbocycles. The Morgan fingerprint density at radius 3 is 2.00 bits per heavy atom. The number of hydrogen-bond acceptors (Lipinski definition) is 4. The van der Waals surface area contributed by atoms with Gasteiger partial charge in [-0.25, -0.2) is 8.42 Å². The molecule has 2 amide bonds. The summed E-state index contributed by atoms with van der Waals surface area (Å²) in [6, 6.07) is 27.3. The minimum Gasteiger partial charge on any atom is -0.350 e. The molecular formula is C34H34Cl3N3O4S. The number of carbonyl (C=O) groups excluding carboxylic acids is 2. The molecule has 45 heavy (non-hydrogen) atoms. The molecule has 0 aliphatic heterocycles. The van der Waals surface area contributed by atoms with Crippen LogP contribution in [0.2, 0.25) is 15.1 Å². The first-order chi connectivity index (χ1) is 21.3. The predicted molar refractivity (Wildman–Crippen MR) is 181 cm³/mol. The summed E-state index contributed by atoms with van der Waals surface area (Å²) in [7, 11) is -4.27. The van der Waals surface area contributed by atoms with E-state index in [4.69, 9.17) is 34.8 Å². The highest BCUT2D eigenvalue weighted by Crippen LogP contribution is 2.31. The summed E-state index contributed by atoms with van der Waals surface area (Å²) in [6.45, 7) is 4.81.